The highest BCUT2D eigenvalue weighted by molar-refractivity contribution is 7.13. The number of piperazine rings is 1. The van der Waals surface area contributed by atoms with Crippen molar-refractivity contribution in [3.8, 4) is 10.4 Å². The molecule has 0 saturated carbocycles. The Balaban J connectivity index is 0.776. The van der Waals surface area contributed by atoms with Crippen molar-refractivity contribution in [2.75, 3.05) is 77.3 Å². The van der Waals surface area contributed by atoms with Crippen LogP contribution in [-0.2, 0) is 33.4 Å². The lowest BCUT2D eigenvalue weighted by atomic mass is 9.85. The molecule has 0 radical (unpaired) electrons. The maximum atomic E-state index is 14.0. The summed E-state index contributed by atoms with van der Waals surface area (Å²) in [5.74, 6) is 0.0487. The third-order valence-electron chi connectivity index (χ3n) is 11.4. The van der Waals surface area contributed by atoms with E-state index in [4.69, 9.17) is 19.2 Å². The fraction of sp³-hybridized carbons (Fsp3) is 0.489. The monoisotopic (exact) mass is 883 g/mol. The molecular weight excluding hydrogens is 827 g/mol. The molecule has 2 aliphatic rings. The van der Waals surface area contributed by atoms with Crippen molar-refractivity contribution in [1.29, 1.82) is 0 Å². The van der Waals surface area contributed by atoms with Gasteiger partial charge in [0.15, 0.2) is 0 Å². The van der Waals surface area contributed by atoms with Crippen LogP contribution in [-0.4, -0.2) is 148 Å². The number of benzene rings is 2. The Morgan fingerprint density at radius 2 is 1.59 bits per heavy atom. The zero-order valence-corrected chi connectivity index (χ0v) is 37.3. The number of aryl methyl sites for hydroxylation is 1. The molecule has 3 aromatic heterocycles. The molecule has 63 heavy (non-hydrogen) atoms. The average Bonchev–Trinajstić information content (AvgIpc) is 4.00. The third-order valence-corrected chi connectivity index (χ3v) is 12.4. The second-order valence-corrected chi connectivity index (χ2v) is 17.9. The van der Waals surface area contributed by atoms with Gasteiger partial charge in [-0.3, -0.25) is 23.6 Å². The van der Waals surface area contributed by atoms with Gasteiger partial charge < -0.3 is 44.7 Å². The number of para-hydroxylation sites is 2. The average molecular weight is 884 g/mol. The van der Waals surface area contributed by atoms with E-state index in [1.807, 2.05) is 105 Å². The summed E-state index contributed by atoms with van der Waals surface area (Å²) in [4.78, 5) is 73.5. The molecule has 2 fully saturated rings. The molecule has 18 heteroatoms. The summed E-state index contributed by atoms with van der Waals surface area (Å²) in [5.41, 5.74) is 5.90. The van der Waals surface area contributed by atoms with E-state index in [-0.39, 0.29) is 70.5 Å². The van der Waals surface area contributed by atoms with Gasteiger partial charge in [0.2, 0.25) is 29.4 Å². The molecule has 2 aliphatic heterocycles. The van der Waals surface area contributed by atoms with Crippen LogP contribution in [0, 0.1) is 12.3 Å². The number of aliphatic hydroxyl groups excluding tert-OH is 1. The van der Waals surface area contributed by atoms with Crippen LogP contribution in [0.3, 0.4) is 0 Å². The number of hydrogen-bond acceptors (Lipinski definition) is 13. The highest BCUT2D eigenvalue weighted by Crippen LogP contribution is 2.30. The second kappa shape index (κ2) is 20.3. The molecule has 4 atom stereocenters. The van der Waals surface area contributed by atoms with Gasteiger partial charge in [-0.1, -0.05) is 57.2 Å². The predicted molar refractivity (Wildman–Crippen MR) is 238 cm³/mol. The molecule has 17 nitrogen and oxygen atoms in total. The maximum Gasteiger partial charge on any atom is 0.248 e. The Morgan fingerprint density at radius 1 is 0.889 bits per heavy atom. The van der Waals surface area contributed by atoms with Gasteiger partial charge in [0, 0.05) is 45.3 Å². The van der Waals surface area contributed by atoms with Gasteiger partial charge in [-0.05, 0) is 48.6 Å². The summed E-state index contributed by atoms with van der Waals surface area (Å²) in [6.45, 7) is 12.1. The standard InChI is InChI=1S/C45H57N9O8S/c1-29(31-10-12-32(13-11-31)40-30(2)46-28-63-40)47-42(58)36-24-33(55)25-54(36)43(59)41(45(3,4)5)50-38(56)26-61-22-20-60-21-23-62-27-39(57)52-18-16-51(17-19-52)37-14-15-53-35-9-7-6-8-34(35)48-44(53)49-37/h6-15,28-29,33,36,41,55H,16-27H2,1-5H3,(H,47,58)(H,50,56)/t29-,33?,36?,41+/m0/s1. The minimum Gasteiger partial charge on any atom is -0.391 e. The third kappa shape index (κ3) is 11.2. The Kier molecular flexibility index (Phi) is 14.7. The lowest BCUT2D eigenvalue weighted by Gasteiger charge is -2.35. The number of rotatable bonds is 17. The fourth-order valence-corrected chi connectivity index (χ4v) is 8.68. The summed E-state index contributed by atoms with van der Waals surface area (Å²) >= 11 is 1.57. The lowest BCUT2D eigenvalue weighted by Crippen LogP contribution is -2.58. The van der Waals surface area contributed by atoms with Crippen LogP contribution in [0.25, 0.3) is 27.3 Å². The van der Waals surface area contributed by atoms with Crippen LogP contribution in [0.1, 0.15) is 51.4 Å². The summed E-state index contributed by atoms with van der Waals surface area (Å²) in [6.07, 6.45) is 1.18. The maximum absolute atomic E-state index is 14.0. The Morgan fingerprint density at radius 3 is 2.29 bits per heavy atom. The minimum atomic E-state index is -0.981. The zero-order valence-electron chi connectivity index (χ0n) is 36.5. The number of nitrogens with one attached hydrogen (secondary N) is 2. The van der Waals surface area contributed by atoms with Gasteiger partial charge in [-0.2, -0.15) is 4.98 Å². The molecular formula is C45H57N9O8S. The first-order valence-corrected chi connectivity index (χ1v) is 22.2. The van der Waals surface area contributed by atoms with E-state index in [0.717, 1.165) is 38.5 Å². The molecule has 5 heterocycles. The number of anilines is 1. The summed E-state index contributed by atoms with van der Waals surface area (Å²) < 4.78 is 18.6. The molecule has 4 amide bonds. The number of thiazole rings is 1. The first kappa shape index (κ1) is 45.5. The summed E-state index contributed by atoms with van der Waals surface area (Å²) in [6, 6.07) is 15.6. The van der Waals surface area contributed by atoms with Gasteiger partial charge in [0.1, 0.15) is 31.1 Å². The summed E-state index contributed by atoms with van der Waals surface area (Å²) in [7, 11) is 0. The second-order valence-electron chi connectivity index (χ2n) is 17.0. The summed E-state index contributed by atoms with van der Waals surface area (Å²) in [5, 5.41) is 16.4. The number of likely N-dealkylation sites (tertiary alicyclic amines) is 1. The van der Waals surface area contributed by atoms with Crippen molar-refractivity contribution >= 4 is 57.6 Å². The van der Waals surface area contributed by atoms with Gasteiger partial charge in [0.25, 0.3) is 0 Å². The number of amides is 4. The lowest BCUT2D eigenvalue weighted by molar-refractivity contribution is -0.144. The molecule has 2 saturated heterocycles. The molecule has 2 unspecified atom stereocenters. The van der Waals surface area contributed by atoms with Gasteiger partial charge in [0.05, 0.1) is 65.7 Å². The van der Waals surface area contributed by atoms with Crippen molar-refractivity contribution in [2.45, 2.75) is 65.3 Å². The van der Waals surface area contributed by atoms with Crippen molar-refractivity contribution in [3.63, 3.8) is 0 Å². The van der Waals surface area contributed by atoms with E-state index < -0.39 is 35.4 Å². The Bertz CT molecular complexity index is 2370. The largest absolute Gasteiger partial charge is 0.391 e. The molecule has 3 N–H and O–H groups in total. The first-order chi connectivity index (χ1) is 30.3. The van der Waals surface area contributed by atoms with Crippen LogP contribution in [0.5, 0.6) is 0 Å². The molecule has 0 bridgehead atoms. The molecule has 0 spiro atoms. The van der Waals surface area contributed by atoms with E-state index in [1.165, 1.54) is 4.90 Å². The predicted octanol–water partition coefficient (Wildman–Crippen LogP) is 3.38. The zero-order chi connectivity index (χ0) is 44.7. The quantitative estimate of drug-likeness (QED) is 0.116. The normalized spacial score (nSPS) is 17.9. The number of β-amino-alcohol motifs (C(OH)–C–C–N with tert-alkyl or cyclic N) is 1. The number of carbonyl (C=O) groups excluding carboxylic acids is 4. The molecule has 7 rings (SSSR count). The number of fused-ring (bicyclic) bond motifs is 3. The molecule has 0 aliphatic carbocycles. The van der Waals surface area contributed by atoms with E-state index in [2.05, 4.69) is 25.5 Å². The van der Waals surface area contributed by atoms with Crippen LogP contribution in [0.2, 0.25) is 0 Å². The van der Waals surface area contributed by atoms with E-state index in [0.29, 0.717) is 32.0 Å². The van der Waals surface area contributed by atoms with Crippen molar-refractivity contribution in [1.82, 2.24) is 39.8 Å². The number of imidazole rings is 1. The number of hydrogen-bond donors (Lipinski definition) is 3. The molecule has 2 aromatic carbocycles. The fourth-order valence-electron chi connectivity index (χ4n) is 7.87. The van der Waals surface area contributed by atoms with Crippen molar-refractivity contribution in [3.05, 3.63) is 77.6 Å². The topological polar surface area (TPSA) is 193 Å². The smallest absolute Gasteiger partial charge is 0.248 e. The van der Waals surface area contributed by atoms with Crippen LogP contribution < -0.4 is 15.5 Å². The number of aliphatic hydroxyl groups is 1. The van der Waals surface area contributed by atoms with Gasteiger partial charge >= 0.3 is 0 Å². The Hall–Kier alpha value is -5.53. The number of aromatic nitrogens is 4. The van der Waals surface area contributed by atoms with E-state index >= 15 is 0 Å². The number of carbonyl (C=O) groups is 4. The SMILES string of the molecule is Cc1ncsc1-c1ccc([C@H](C)NC(=O)C2CC(O)CN2C(=O)[C@@H](NC(=O)COCCOCCOCC(=O)N2CCN(c3ccn4c(n3)nc3ccccc34)CC2)C(C)(C)C)cc1. The first-order valence-electron chi connectivity index (χ1n) is 21.4. The van der Waals surface area contributed by atoms with E-state index in [1.54, 1.807) is 16.2 Å². The van der Waals surface area contributed by atoms with Gasteiger partial charge in [-0.25, -0.2) is 9.97 Å². The molecule has 336 valence electrons. The number of ether oxygens (including phenoxy) is 3. The highest BCUT2D eigenvalue weighted by Gasteiger charge is 2.44. The molecule has 5 aromatic rings. The minimum absolute atomic E-state index is 0.0272. The van der Waals surface area contributed by atoms with Crippen LogP contribution in [0.4, 0.5) is 5.82 Å². The number of nitrogens with zero attached hydrogens (tertiary/aromatic N) is 7. The van der Waals surface area contributed by atoms with Crippen LogP contribution in [0.15, 0.2) is 66.3 Å². The van der Waals surface area contributed by atoms with E-state index in [9.17, 15) is 24.3 Å². The highest BCUT2D eigenvalue weighted by atomic mass is 32.1. The van der Waals surface area contributed by atoms with Crippen molar-refractivity contribution in [2.24, 2.45) is 5.41 Å². The van der Waals surface area contributed by atoms with Gasteiger partial charge in [-0.15, -0.1) is 11.3 Å². The van der Waals surface area contributed by atoms with Crippen LogP contribution >= 0.6 is 11.3 Å². The Labute approximate surface area is 370 Å². The van der Waals surface area contributed by atoms with Crippen molar-refractivity contribution < 1.29 is 38.5 Å².